The zero-order chi connectivity index (χ0) is 13.0. The summed E-state index contributed by atoms with van der Waals surface area (Å²) in [6.07, 6.45) is 0.666. The molecule has 0 saturated heterocycles. The maximum atomic E-state index is 12.9. The fourth-order valence-electron chi connectivity index (χ4n) is 1.52. The van der Waals surface area contributed by atoms with Crippen molar-refractivity contribution in [3.05, 3.63) is 65.5 Å². The molecule has 0 bridgehead atoms. The lowest BCUT2D eigenvalue weighted by Crippen LogP contribution is -2.12. The smallest absolute Gasteiger partial charge is 0.255 e. The highest BCUT2D eigenvalue weighted by Crippen LogP contribution is 2.11. The van der Waals surface area contributed by atoms with Crippen molar-refractivity contribution in [3.63, 3.8) is 0 Å². The van der Waals surface area contributed by atoms with E-state index in [0.717, 1.165) is 0 Å². The largest absolute Gasteiger partial charge is 0.322 e. The van der Waals surface area contributed by atoms with E-state index < -0.39 is 5.82 Å². The Morgan fingerprint density at radius 3 is 2.61 bits per heavy atom. The topological polar surface area (TPSA) is 46.2 Å². The van der Waals surface area contributed by atoms with Crippen LogP contribution in [0.2, 0.25) is 0 Å². The SMILES string of the molecule is O=Cc1cccc(C(=O)Nc2cccc(F)c2)c1. The normalized spacial score (nSPS) is 9.83. The third kappa shape index (κ3) is 2.79. The number of anilines is 1. The molecule has 90 valence electrons. The molecule has 1 N–H and O–H groups in total. The molecule has 0 aliphatic heterocycles. The van der Waals surface area contributed by atoms with E-state index in [1.807, 2.05) is 0 Å². The third-order valence-electron chi connectivity index (χ3n) is 2.37. The lowest BCUT2D eigenvalue weighted by Gasteiger charge is -2.05. The predicted octanol–water partition coefficient (Wildman–Crippen LogP) is 2.89. The van der Waals surface area contributed by atoms with Crippen molar-refractivity contribution in [3.8, 4) is 0 Å². The summed E-state index contributed by atoms with van der Waals surface area (Å²) in [5, 5.41) is 2.56. The molecule has 3 nitrogen and oxygen atoms in total. The summed E-state index contributed by atoms with van der Waals surface area (Å²) in [7, 11) is 0. The molecule has 0 atom stereocenters. The first-order valence-electron chi connectivity index (χ1n) is 5.31. The molecule has 0 aliphatic rings. The minimum atomic E-state index is -0.422. The number of hydrogen-bond donors (Lipinski definition) is 1. The number of rotatable bonds is 3. The first-order valence-corrected chi connectivity index (χ1v) is 5.31. The van der Waals surface area contributed by atoms with E-state index in [9.17, 15) is 14.0 Å². The van der Waals surface area contributed by atoms with Gasteiger partial charge in [0, 0.05) is 16.8 Å². The quantitative estimate of drug-likeness (QED) is 0.842. The van der Waals surface area contributed by atoms with Crippen molar-refractivity contribution in [2.45, 2.75) is 0 Å². The summed E-state index contributed by atoms with van der Waals surface area (Å²) >= 11 is 0. The highest BCUT2D eigenvalue weighted by molar-refractivity contribution is 6.04. The second kappa shape index (κ2) is 5.23. The van der Waals surface area contributed by atoms with Gasteiger partial charge in [-0.3, -0.25) is 9.59 Å². The average Bonchev–Trinajstić information content (AvgIpc) is 2.39. The van der Waals surface area contributed by atoms with E-state index in [2.05, 4.69) is 5.32 Å². The molecule has 1 amide bonds. The van der Waals surface area contributed by atoms with Gasteiger partial charge in [-0.15, -0.1) is 0 Å². The van der Waals surface area contributed by atoms with Gasteiger partial charge in [-0.05, 0) is 30.3 Å². The molecule has 2 rings (SSSR count). The van der Waals surface area contributed by atoms with E-state index in [1.165, 1.54) is 24.3 Å². The number of benzene rings is 2. The van der Waals surface area contributed by atoms with Gasteiger partial charge in [-0.2, -0.15) is 0 Å². The lowest BCUT2D eigenvalue weighted by atomic mass is 10.1. The molecular weight excluding hydrogens is 233 g/mol. The summed E-state index contributed by atoms with van der Waals surface area (Å²) < 4.78 is 12.9. The number of aldehydes is 1. The maximum Gasteiger partial charge on any atom is 0.255 e. The van der Waals surface area contributed by atoms with Gasteiger partial charge in [-0.25, -0.2) is 4.39 Å². The van der Waals surface area contributed by atoms with Crippen LogP contribution in [0.5, 0.6) is 0 Å². The first kappa shape index (κ1) is 12.0. The standard InChI is InChI=1S/C14H10FNO2/c15-12-5-2-6-13(8-12)16-14(18)11-4-1-3-10(7-11)9-17/h1-9H,(H,16,18). The Hall–Kier alpha value is -2.49. The monoisotopic (exact) mass is 243 g/mol. The summed E-state index contributed by atoms with van der Waals surface area (Å²) in [5.74, 6) is -0.807. The second-order valence-electron chi connectivity index (χ2n) is 3.71. The van der Waals surface area contributed by atoms with Gasteiger partial charge in [-0.1, -0.05) is 18.2 Å². The Morgan fingerprint density at radius 1 is 1.11 bits per heavy atom. The minimum absolute atomic E-state index is 0.351. The van der Waals surface area contributed by atoms with Crippen LogP contribution in [0.1, 0.15) is 20.7 Å². The van der Waals surface area contributed by atoms with Crippen LogP contribution in [-0.4, -0.2) is 12.2 Å². The fraction of sp³-hybridized carbons (Fsp3) is 0. The Morgan fingerprint density at radius 2 is 1.89 bits per heavy atom. The number of halogens is 1. The molecule has 0 radical (unpaired) electrons. The molecule has 2 aromatic carbocycles. The molecule has 0 aliphatic carbocycles. The average molecular weight is 243 g/mol. The zero-order valence-corrected chi connectivity index (χ0v) is 9.39. The lowest BCUT2D eigenvalue weighted by molar-refractivity contribution is 0.102. The number of nitrogens with one attached hydrogen (secondary N) is 1. The molecule has 0 unspecified atom stereocenters. The molecule has 0 heterocycles. The van der Waals surface area contributed by atoms with Crippen molar-refractivity contribution in [2.75, 3.05) is 5.32 Å². The van der Waals surface area contributed by atoms with Crippen LogP contribution in [-0.2, 0) is 0 Å². The van der Waals surface area contributed by atoms with Crippen molar-refractivity contribution >= 4 is 17.9 Å². The highest BCUT2D eigenvalue weighted by atomic mass is 19.1. The third-order valence-corrected chi connectivity index (χ3v) is 2.37. The van der Waals surface area contributed by atoms with E-state index in [-0.39, 0.29) is 5.91 Å². The Kier molecular flexibility index (Phi) is 3.48. The predicted molar refractivity (Wildman–Crippen MR) is 66.2 cm³/mol. The number of carbonyl (C=O) groups excluding carboxylic acids is 2. The first-order chi connectivity index (χ1) is 8.69. The molecule has 0 aromatic heterocycles. The van der Waals surface area contributed by atoms with Crippen molar-refractivity contribution in [2.24, 2.45) is 0 Å². The Balaban J connectivity index is 2.19. The molecule has 0 fully saturated rings. The van der Waals surface area contributed by atoms with Crippen LogP contribution >= 0.6 is 0 Å². The van der Waals surface area contributed by atoms with Crippen molar-refractivity contribution in [1.82, 2.24) is 0 Å². The number of carbonyl (C=O) groups is 2. The van der Waals surface area contributed by atoms with E-state index in [0.29, 0.717) is 23.1 Å². The van der Waals surface area contributed by atoms with E-state index in [1.54, 1.807) is 24.3 Å². The molecule has 0 saturated carbocycles. The Bertz CT molecular complexity index is 596. The van der Waals surface area contributed by atoms with Crippen LogP contribution in [0.25, 0.3) is 0 Å². The molecule has 4 heteroatoms. The maximum absolute atomic E-state index is 12.9. The second-order valence-corrected chi connectivity index (χ2v) is 3.71. The number of hydrogen-bond acceptors (Lipinski definition) is 2. The van der Waals surface area contributed by atoms with Gasteiger partial charge >= 0.3 is 0 Å². The van der Waals surface area contributed by atoms with Gasteiger partial charge in [0.2, 0.25) is 0 Å². The van der Waals surface area contributed by atoms with Crippen LogP contribution < -0.4 is 5.32 Å². The fourth-order valence-corrected chi connectivity index (χ4v) is 1.52. The van der Waals surface area contributed by atoms with Crippen molar-refractivity contribution in [1.29, 1.82) is 0 Å². The van der Waals surface area contributed by atoms with Gasteiger partial charge < -0.3 is 5.32 Å². The molecule has 0 spiro atoms. The van der Waals surface area contributed by atoms with E-state index in [4.69, 9.17) is 0 Å². The summed E-state index contributed by atoms with van der Waals surface area (Å²) in [6, 6.07) is 11.9. The minimum Gasteiger partial charge on any atom is -0.322 e. The van der Waals surface area contributed by atoms with Gasteiger partial charge in [0.25, 0.3) is 5.91 Å². The summed E-state index contributed by atoms with van der Waals surface area (Å²) in [4.78, 5) is 22.4. The zero-order valence-electron chi connectivity index (χ0n) is 9.39. The van der Waals surface area contributed by atoms with Crippen LogP contribution in [0.3, 0.4) is 0 Å². The Labute approximate surface area is 103 Å². The summed E-state index contributed by atoms with van der Waals surface area (Å²) in [5.41, 5.74) is 1.14. The highest BCUT2D eigenvalue weighted by Gasteiger charge is 2.06. The van der Waals surface area contributed by atoms with Crippen LogP contribution in [0.4, 0.5) is 10.1 Å². The summed E-state index contributed by atoms with van der Waals surface area (Å²) in [6.45, 7) is 0. The van der Waals surface area contributed by atoms with Gasteiger partial charge in [0.1, 0.15) is 12.1 Å². The molecule has 2 aromatic rings. The van der Waals surface area contributed by atoms with Crippen LogP contribution in [0, 0.1) is 5.82 Å². The molecular formula is C14H10FNO2. The molecule has 18 heavy (non-hydrogen) atoms. The number of amides is 1. The van der Waals surface area contributed by atoms with Gasteiger partial charge in [0.15, 0.2) is 0 Å². The van der Waals surface area contributed by atoms with Gasteiger partial charge in [0.05, 0.1) is 0 Å². The van der Waals surface area contributed by atoms with Crippen molar-refractivity contribution < 1.29 is 14.0 Å². The van der Waals surface area contributed by atoms with E-state index >= 15 is 0 Å². The van der Waals surface area contributed by atoms with Crippen LogP contribution in [0.15, 0.2) is 48.5 Å².